The van der Waals surface area contributed by atoms with Crippen LogP contribution < -0.4 is 4.74 Å². The Labute approximate surface area is 171 Å². The number of hydrogen-bond donors (Lipinski definition) is 1. The fourth-order valence-electron chi connectivity index (χ4n) is 3.89. The molecule has 0 bridgehead atoms. The van der Waals surface area contributed by atoms with Crippen LogP contribution in [-0.4, -0.2) is 48.7 Å². The minimum absolute atomic E-state index is 0.385. The summed E-state index contributed by atoms with van der Waals surface area (Å²) in [7, 11) is 1.63. The van der Waals surface area contributed by atoms with Crippen molar-refractivity contribution in [2.45, 2.75) is 63.4 Å². The molecule has 0 spiro atoms. The number of benzene rings is 2. The number of rotatable bonds is 7. The van der Waals surface area contributed by atoms with E-state index in [2.05, 4.69) is 0 Å². The maximum absolute atomic E-state index is 10.9. The van der Waals surface area contributed by atoms with Crippen LogP contribution in [0.3, 0.4) is 0 Å². The summed E-state index contributed by atoms with van der Waals surface area (Å²) in [5.74, 6) is 0.0401. The van der Waals surface area contributed by atoms with Crippen LogP contribution in [0.1, 0.15) is 25.0 Å². The van der Waals surface area contributed by atoms with Crippen molar-refractivity contribution in [1.29, 1.82) is 0 Å². The average Bonchev–Trinajstić information content (AvgIpc) is 3.19. The van der Waals surface area contributed by atoms with Crippen molar-refractivity contribution in [2.75, 3.05) is 7.11 Å². The molecule has 1 N–H and O–H groups in total. The Hall–Kier alpha value is -1.96. The topological polar surface area (TPSA) is 66.4 Å². The second-order valence-corrected chi connectivity index (χ2v) is 7.95. The van der Waals surface area contributed by atoms with Gasteiger partial charge in [-0.05, 0) is 37.1 Å². The average molecular weight is 400 g/mol. The number of aliphatic hydroxyl groups excluding tert-OH is 1. The van der Waals surface area contributed by atoms with Crippen molar-refractivity contribution in [1.82, 2.24) is 0 Å². The molecule has 2 aliphatic heterocycles. The molecule has 0 saturated carbocycles. The van der Waals surface area contributed by atoms with Crippen LogP contribution in [0.4, 0.5) is 0 Å². The third-order valence-corrected chi connectivity index (χ3v) is 5.30. The molecule has 0 amide bonds. The van der Waals surface area contributed by atoms with Gasteiger partial charge in [-0.2, -0.15) is 0 Å². The Morgan fingerprint density at radius 2 is 1.72 bits per heavy atom. The summed E-state index contributed by atoms with van der Waals surface area (Å²) in [6.07, 6.45) is -2.25. The monoisotopic (exact) mass is 400 g/mol. The Morgan fingerprint density at radius 3 is 2.41 bits per heavy atom. The minimum atomic E-state index is -0.759. The standard InChI is InChI=1S/C23H28O6/c1-23(2)28-21-20(26-14-16-7-5-4-6-8-16)19(27-22(21)29-23)18(24)13-15-9-11-17(25-3)12-10-15/h4-12,18-22,24H,13-14H2,1-3H3/t18?,19-,20+,21?,22?/m1/s1. The molecular formula is C23H28O6. The van der Waals surface area contributed by atoms with Gasteiger partial charge in [0.2, 0.25) is 0 Å². The molecular weight excluding hydrogens is 372 g/mol. The largest absolute Gasteiger partial charge is 0.497 e. The van der Waals surface area contributed by atoms with Crippen molar-refractivity contribution >= 4 is 0 Å². The lowest BCUT2D eigenvalue weighted by Crippen LogP contribution is -2.43. The molecule has 5 atom stereocenters. The number of hydrogen-bond acceptors (Lipinski definition) is 6. The third kappa shape index (κ3) is 4.63. The van der Waals surface area contributed by atoms with Crippen molar-refractivity contribution in [3.8, 4) is 5.75 Å². The van der Waals surface area contributed by atoms with Gasteiger partial charge >= 0.3 is 0 Å². The highest BCUT2D eigenvalue weighted by Gasteiger charge is 2.56. The lowest BCUT2D eigenvalue weighted by atomic mass is 9.99. The number of methoxy groups -OCH3 is 1. The van der Waals surface area contributed by atoms with E-state index in [4.69, 9.17) is 23.7 Å². The van der Waals surface area contributed by atoms with E-state index < -0.39 is 30.4 Å². The fraction of sp³-hybridized carbons (Fsp3) is 0.478. The number of aliphatic hydroxyl groups is 1. The summed E-state index contributed by atoms with van der Waals surface area (Å²) >= 11 is 0. The van der Waals surface area contributed by atoms with Crippen LogP contribution >= 0.6 is 0 Å². The predicted molar refractivity (Wildman–Crippen MR) is 106 cm³/mol. The van der Waals surface area contributed by atoms with Gasteiger partial charge in [0.05, 0.1) is 19.8 Å². The van der Waals surface area contributed by atoms with Gasteiger partial charge < -0.3 is 28.8 Å². The fourth-order valence-corrected chi connectivity index (χ4v) is 3.89. The Bertz CT molecular complexity index is 791. The van der Waals surface area contributed by atoms with E-state index in [1.54, 1.807) is 7.11 Å². The molecule has 6 nitrogen and oxygen atoms in total. The van der Waals surface area contributed by atoms with Gasteiger partial charge in [0.25, 0.3) is 0 Å². The number of ether oxygens (including phenoxy) is 5. The van der Waals surface area contributed by atoms with E-state index in [-0.39, 0.29) is 6.10 Å². The van der Waals surface area contributed by atoms with Crippen molar-refractivity contribution < 1.29 is 28.8 Å². The first-order valence-electron chi connectivity index (χ1n) is 9.93. The molecule has 2 heterocycles. The zero-order valence-electron chi connectivity index (χ0n) is 17.0. The van der Waals surface area contributed by atoms with Gasteiger partial charge in [-0.15, -0.1) is 0 Å². The first-order chi connectivity index (χ1) is 13.9. The van der Waals surface area contributed by atoms with Crippen LogP contribution in [0.5, 0.6) is 5.75 Å². The maximum Gasteiger partial charge on any atom is 0.190 e. The zero-order valence-corrected chi connectivity index (χ0v) is 17.0. The maximum atomic E-state index is 10.9. The van der Waals surface area contributed by atoms with E-state index in [1.165, 1.54) is 0 Å². The summed E-state index contributed by atoms with van der Waals surface area (Å²) in [6, 6.07) is 17.6. The molecule has 29 heavy (non-hydrogen) atoms. The molecule has 2 fully saturated rings. The van der Waals surface area contributed by atoms with E-state index in [0.29, 0.717) is 13.0 Å². The zero-order chi connectivity index (χ0) is 20.4. The van der Waals surface area contributed by atoms with E-state index in [9.17, 15) is 5.11 Å². The summed E-state index contributed by atoms with van der Waals surface area (Å²) < 4.78 is 29.3. The summed E-state index contributed by atoms with van der Waals surface area (Å²) in [6.45, 7) is 4.12. The first-order valence-corrected chi connectivity index (χ1v) is 9.93. The summed E-state index contributed by atoms with van der Waals surface area (Å²) in [5.41, 5.74) is 2.04. The Balaban J connectivity index is 1.47. The molecule has 0 aliphatic carbocycles. The lowest BCUT2D eigenvalue weighted by Gasteiger charge is -2.28. The Morgan fingerprint density at radius 1 is 1.00 bits per heavy atom. The first kappa shape index (κ1) is 20.3. The normalized spacial score (nSPS) is 28.8. The second kappa shape index (κ2) is 8.42. The summed E-state index contributed by atoms with van der Waals surface area (Å²) in [4.78, 5) is 0. The molecule has 0 aromatic heterocycles. The van der Waals surface area contributed by atoms with Crippen molar-refractivity contribution in [2.24, 2.45) is 0 Å². The van der Waals surface area contributed by atoms with E-state index in [0.717, 1.165) is 16.9 Å². The van der Waals surface area contributed by atoms with Gasteiger partial charge in [-0.1, -0.05) is 42.5 Å². The van der Waals surface area contributed by atoms with Crippen LogP contribution in [-0.2, 0) is 32.0 Å². The van der Waals surface area contributed by atoms with Gasteiger partial charge in [0.1, 0.15) is 24.1 Å². The SMILES string of the molecule is COc1ccc(CC(O)[C@H]2OC3OC(C)(C)OC3[C@H]2OCc2ccccc2)cc1. The minimum Gasteiger partial charge on any atom is -0.497 e. The van der Waals surface area contributed by atoms with Crippen LogP contribution in [0.15, 0.2) is 54.6 Å². The van der Waals surface area contributed by atoms with Gasteiger partial charge in [0.15, 0.2) is 12.1 Å². The molecule has 6 heteroatoms. The highest BCUT2D eigenvalue weighted by atomic mass is 16.8. The van der Waals surface area contributed by atoms with Crippen molar-refractivity contribution in [3.05, 3.63) is 65.7 Å². The molecule has 2 aromatic carbocycles. The third-order valence-electron chi connectivity index (χ3n) is 5.30. The highest BCUT2D eigenvalue weighted by molar-refractivity contribution is 5.27. The smallest absolute Gasteiger partial charge is 0.190 e. The van der Waals surface area contributed by atoms with Crippen LogP contribution in [0, 0.1) is 0 Å². The van der Waals surface area contributed by atoms with Gasteiger partial charge in [-0.3, -0.25) is 0 Å². The predicted octanol–water partition coefficient (Wildman–Crippen LogP) is 3.06. The quantitative estimate of drug-likeness (QED) is 0.771. The highest BCUT2D eigenvalue weighted by Crippen LogP contribution is 2.40. The molecule has 2 aromatic rings. The van der Waals surface area contributed by atoms with E-state index >= 15 is 0 Å². The Kier molecular flexibility index (Phi) is 5.90. The molecule has 2 aliphatic rings. The molecule has 2 saturated heterocycles. The van der Waals surface area contributed by atoms with Crippen LogP contribution in [0.2, 0.25) is 0 Å². The molecule has 3 unspecified atom stereocenters. The van der Waals surface area contributed by atoms with E-state index in [1.807, 2.05) is 68.4 Å². The van der Waals surface area contributed by atoms with Crippen LogP contribution in [0.25, 0.3) is 0 Å². The van der Waals surface area contributed by atoms with Gasteiger partial charge in [-0.25, -0.2) is 0 Å². The second-order valence-electron chi connectivity index (χ2n) is 7.95. The number of fused-ring (bicyclic) bond motifs is 1. The lowest BCUT2D eigenvalue weighted by molar-refractivity contribution is -0.230. The molecule has 156 valence electrons. The van der Waals surface area contributed by atoms with Gasteiger partial charge in [0, 0.05) is 6.42 Å². The summed E-state index contributed by atoms with van der Waals surface area (Å²) in [5, 5.41) is 10.9. The molecule has 4 rings (SSSR count). The van der Waals surface area contributed by atoms with Crippen molar-refractivity contribution in [3.63, 3.8) is 0 Å². The molecule has 0 radical (unpaired) electrons.